The van der Waals surface area contributed by atoms with Crippen LogP contribution in [0.1, 0.15) is 19.4 Å². The highest BCUT2D eigenvalue weighted by atomic mass is 16.5. The Kier molecular flexibility index (Phi) is 3.93. The van der Waals surface area contributed by atoms with E-state index in [1.807, 2.05) is 30.9 Å². The first-order valence-corrected chi connectivity index (χ1v) is 7.52. The Morgan fingerprint density at radius 3 is 2.76 bits per heavy atom. The van der Waals surface area contributed by atoms with Crippen LogP contribution in [-0.4, -0.2) is 36.1 Å². The smallest absolute Gasteiger partial charge is 0.227 e. The third kappa shape index (κ3) is 3.08. The molecule has 3 nitrogen and oxygen atoms in total. The van der Waals surface area contributed by atoms with Gasteiger partial charge >= 0.3 is 0 Å². The van der Waals surface area contributed by atoms with E-state index in [0.717, 1.165) is 5.56 Å². The average molecular weight is 283 g/mol. The number of carbonyl (C=O) groups excluding carboxylic acids is 1. The van der Waals surface area contributed by atoms with Crippen molar-refractivity contribution in [3.8, 4) is 0 Å². The van der Waals surface area contributed by atoms with Gasteiger partial charge in [-0.25, -0.2) is 0 Å². The summed E-state index contributed by atoms with van der Waals surface area (Å²) >= 11 is 0. The Morgan fingerprint density at radius 2 is 1.95 bits per heavy atom. The van der Waals surface area contributed by atoms with Gasteiger partial charge in [0.1, 0.15) is 0 Å². The lowest BCUT2D eigenvalue weighted by Gasteiger charge is -2.37. The molecule has 21 heavy (non-hydrogen) atoms. The summed E-state index contributed by atoms with van der Waals surface area (Å²) in [6.45, 7) is 5.38. The largest absolute Gasteiger partial charge is 0.375 e. The molecule has 0 spiro atoms. The number of carbonyl (C=O) groups is 1. The van der Waals surface area contributed by atoms with Gasteiger partial charge in [0.05, 0.1) is 25.2 Å². The molecule has 2 aromatic carbocycles. The van der Waals surface area contributed by atoms with Crippen molar-refractivity contribution in [3.63, 3.8) is 0 Å². The summed E-state index contributed by atoms with van der Waals surface area (Å²) in [5.74, 6) is 0.188. The number of morpholine rings is 1. The minimum absolute atomic E-state index is 0.127. The van der Waals surface area contributed by atoms with Crippen molar-refractivity contribution in [2.75, 3.05) is 13.2 Å². The van der Waals surface area contributed by atoms with Gasteiger partial charge in [0.25, 0.3) is 0 Å². The summed E-state index contributed by atoms with van der Waals surface area (Å²) < 4.78 is 5.58. The second kappa shape index (κ2) is 5.86. The summed E-state index contributed by atoms with van der Waals surface area (Å²) in [5.41, 5.74) is 1.07. The van der Waals surface area contributed by atoms with E-state index in [1.165, 1.54) is 10.8 Å². The quantitative estimate of drug-likeness (QED) is 0.848. The van der Waals surface area contributed by atoms with E-state index >= 15 is 0 Å². The van der Waals surface area contributed by atoms with Crippen LogP contribution in [0, 0.1) is 0 Å². The van der Waals surface area contributed by atoms with Crippen LogP contribution in [0.5, 0.6) is 0 Å². The monoisotopic (exact) mass is 283 g/mol. The number of fused-ring (bicyclic) bond motifs is 1. The van der Waals surface area contributed by atoms with Crippen LogP contribution in [0.3, 0.4) is 0 Å². The fourth-order valence-corrected chi connectivity index (χ4v) is 2.88. The highest BCUT2D eigenvalue weighted by Crippen LogP contribution is 2.18. The molecule has 0 saturated carbocycles. The molecule has 0 bridgehead atoms. The van der Waals surface area contributed by atoms with Crippen LogP contribution < -0.4 is 0 Å². The van der Waals surface area contributed by atoms with E-state index in [4.69, 9.17) is 4.74 Å². The fourth-order valence-electron chi connectivity index (χ4n) is 2.88. The number of nitrogens with zero attached hydrogens (tertiary/aromatic N) is 1. The maximum Gasteiger partial charge on any atom is 0.227 e. The van der Waals surface area contributed by atoms with E-state index < -0.39 is 0 Å². The molecule has 0 aliphatic carbocycles. The van der Waals surface area contributed by atoms with Crippen molar-refractivity contribution in [2.45, 2.75) is 32.4 Å². The third-order valence-electron chi connectivity index (χ3n) is 4.10. The zero-order chi connectivity index (χ0) is 14.8. The molecule has 2 unspecified atom stereocenters. The third-order valence-corrected chi connectivity index (χ3v) is 4.10. The molecule has 0 N–H and O–H groups in total. The predicted molar refractivity (Wildman–Crippen MR) is 84.2 cm³/mol. The van der Waals surface area contributed by atoms with Gasteiger partial charge in [-0.05, 0) is 30.2 Å². The van der Waals surface area contributed by atoms with Gasteiger partial charge < -0.3 is 9.64 Å². The maximum absolute atomic E-state index is 12.5. The molecule has 1 aliphatic rings. The Hall–Kier alpha value is -1.87. The lowest BCUT2D eigenvalue weighted by molar-refractivity contribution is -0.142. The molecule has 1 heterocycles. The fraction of sp³-hybridized carbons (Fsp3) is 0.389. The standard InChI is InChI=1S/C18H21NO2/c1-13-12-21-14(2)11-19(13)18(20)10-15-7-8-16-5-3-4-6-17(16)9-15/h3-9,13-14H,10-12H2,1-2H3. The van der Waals surface area contributed by atoms with Crippen LogP contribution in [0.25, 0.3) is 10.8 Å². The van der Waals surface area contributed by atoms with Gasteiger partial charge in [-0.2, -0.15) is 0 Å². The average Bonchev–Trinajstić information content (AvgIpc) is 2.49. The van der Waals surface area contributed by atoms with Crippen LogP contribution in [0.2, 0.25) is 0 Å². The highest BCUT2D eigenvalue weighted by molar-refractivity contribution is 5.85. The summed E-state index contributed by atoms with van der Waals surface area (Å²) in [6.07, 6.45) is 0.587. The molecule has 2 aromatic rings. The molecule has 1 fully saturated rings. The number of rotatable bonds is 2. The first kappa shape index (κ1) is 14.1. The molecule has 3 heteroatoms. The van der Waals surface area contributed by atoms with Crippen molar-refractivity contribution in [3.05, 3.63) is 48.0 Å². The normalized spacial score (nSPS) is 22.5. The van der Waals surface area contributed by atoms with E-state index in [1.54, 1.807) is 0 Å². The lowest BCUT2D eigenvalue weighted by Crippen LogP contribution is -2.50. The molecule has 110 valence electrons. The molecule has 0 aromatic heterocycles. The van der Waals surface area contributed by atoms with Gasteiger partial charge in [0, 0.05) is 6.54 Å². The number of benzene rings is 2. The van der Waals surface area contributed by atoms with Crippen molar-refractivity contribution in [2.24, 2.45) is 0 Å². The minimum Gasteiger partial charge on any atom is -0.375 e. The highest BCUT2D eigenvalue weighted by Gasteiger charge is 2.27. The summed E-state index contributed by atoms with van der Waals surface area (Å²) in [7, 11) is 0. The Balaban J connectivity index is 1.76. The summed E-state index contributed by atoms with van der Waals surface area (Å²) in [5, 5.41) is 2.40. The van der Waals surface area contributed by atoms with Crippen molar-refractivity contribution < 1.29 is 9.53 Å². The second-order valence-electron chi connectivity index (χ2n) is 5.90. The molecule has 1 saturated heterocycles. The molecule has 1 aliphatic heterocycles. The first-order chi connectivity index (χ1) is 10.1. The molecule has 1 amide bonds. The Bertz CT molecular complexity index is 652. The second-order valence-corrected chi connectivity index (χ2v) is 5.90. The van der Waals surface area contributed by atoms with Crippen LogP contribution in [0.4, 0.5) is 0 Å². The van der Waals surface area contributed by atoms with E-state index in [0.29, 0.717) is 19.6 Å². The number of hydrogen-bond donors (Lipinski definition) is 0. The van der Waals surface area contributed by atoms with E-state index in [-0.39, 0.29) is 18.1 Å². The SMILES string of the molecule is CC1CN(C(=O)Cc2ccc3ccccc3c2)C(C)CO1. The number of amides is 1. The molecular weight excluding hydrogens is 262 g/mol. The van der Waals surface area contributed by atoms with Gasteiger partial charge in [0.15, 0.2) is 0 Å². The molecule has 2 atom stereocenters. The zero-order valence-corrected chi connectivity index (χ0v) is 12.6. The lowest BCUT2D eigenvalue weighted by atomic mass is 10.0. The topological polar surface area (TPSA) is 29.5 Å². The number of ether oxygens (including phenoxy) is 1. The van der Waals surface area contributed by atoms with Crippen molar-refractivity contribution >= 4 is 16.7 Å². The minimum atomic E-state index is 0.127. The van der Waals surface area contributed by atoms with E-state index in [2.05, 4.69) is 30.3 Å². The van der Waals surface area contributed by atoms with Gasteiger partial charge in [-0.3, -0.25) is 4.79 Å². The number of hydrogen-bond acceptors (Lipinski definition) is 2. The Labute approximate surface area is 125 Å². The Morgan fingerprint density at radius 1 is 1.19 bits per heavy atom. The summed E-state index contributed by atoms with van der Waals surface area (Å²) in [6, 6.07) is 14.6. The maximum atomic E-state index is 12.5. The predicted octanol–water partition coefficient (Wildman–Crippen LogP) is 3.02. The van der Waals surface area contributed by atoms with Crippen LogP contribution in [-0.2, 0) is 16.0 Å². The summed E-state index contributed by atoms with van der Waals surface area (Å²) in [4.78, 5) is 14.5. The van der Waals surface area contributed by atoms with Gasteiger partial charge in [-0.1, -0.05) is 42.5 Å². The van der Waals surface area contributed by atoms with Gasteiger partial charge in [-0.15, -0.1) is 0 Å². The molecular formula is C18H21NO2. The van der Waals surface area contributed by atoms with Crippen molar-refractivity contribution in [1.82, 2.24) is 4.90 Å². The van der Waals surface area contributed by atoms with Gasteiger partial charge in [0.2, 0.25) is 5.91 Å². The molecule has 0 radical (unpaired) electrons. The van der Waals surface area contributed by atoms with Crippen molar-refractivity contribution in [1.29, 1.82) is 0 Å². The van der Waals surface area contributed by atoms with Crippen LogP contribution >= 0.6 is 0 Å². The van der Waals surface area contributed by atoms with Crippen LogP contribution in [0.15, 0.2) is 42.5 Å². The van der Waals surface area contributed by atoms with E-state index in [9.17, 15) is 4.79 Å². The molecule has 3 rings (SSSR count). The first-order valence-electron chi connectivity index (χ1n) is 7.52. The zero-order valence-electron chi connectivity index (χ0n) is 12.6.